The highest BCUT2D eigenvalue weighted by molar-refractivity contribution is 5.97. The zero-order chi connectivity index (χ0) is 23.2. The Kier molecular flexibility index (Phi) is 5.20. The predicted molar refractivity (Wildman–Crippen MR) is 132 cm³/mol. The summed E-state index contributed by atoms with van der Waals surface area (Å²) in [4.78, 5) is 19.8. The van der Waals surface area contributed by atoms with Gasteiger partial charge in [-0.25, -0.2) is 9.78 Å². The lowest BCUT2D eigenvalue weighted by Gasteiger charge is -2.31. The molecule has 0 radical (unpaired) electrons. The minimum absolute atomic E-state index is 0.383. The smallest absolute Gasteiger partial charge is 0.358 e. The summed E-state index contributed by atoms with van der Waals surface area (Å²) in [5, 5.41) is 1.09. The van der Waals surface area contributed by atoms with E-state index in [0.29, 0.717) is 5.69 Å². The Hall–Kier alpha value is -3.60. The summed E-state index contributed by atoms with van der Waals surface area (Å²) in [6, 6.07) is 20.7. The Morgan fingerprint density at radius 3 is 2.39 bits per heavy atom. The van der Waals surface area contributed by atoms with Gasteiger partial charge in [0.2, 0.25) is 0 Å². The average molecular weight is 440 g/mol. The quantitative estimate of drug-likeness (QED) is 0.363. The van der Waals surface area contributed by atoms with Gasteiger partial charge in [0.1, 0.15) is 0 Å². The molecule has 5 rings (SSSR count). The lowest BCUT2D eigenvalue weighted by Crippen LogP contribution is -2.30. The number of rotatable bonds is 6. The number of pyridine rings is 1. The van der Waals surface area contributed by atoms with Crippen molar-refractivity contribution in [1.29, 1.82) is 0 Å². The monoisotopic (exact) mass is 439 g/mol. The molecule has 0 aliphatic carbocycles. The van der Waals surface area contributed by atoms with Gasteiger partial charge in [0.05, 0.1) is 0 Å². The van der Waals surface area contributed by atoms with Gasteiger partial charge >= 0.3 is 5.97 Å². The first-order valence-electron chi connectivity index (χ1n) is 11.7. The Morgan fingerprint density at radius 2 is 1.70 bits per heavy atom. The van der Waals surface area contributed by atoms with E-state index in [1.807, 2.05) is 18.2 Å². The first kappa shape index (κ1) is 21.3. The van der Waals surface area contributed by atoms with E-state index in [0.717, 1.165) is 58.6 Å². The number of nitrogens with zero attached hydrogens (tertiary/aromatic N) is 3. The van der Waals surface area contributed by atoms with Crippen molar-refractivity contribution in [1.82, 2.24) is 9.55 Å². The van der Waals surface area contributed by atoms with Crippen molar-refractivity contribution in [2.24, 2.45) is 0 Å². The van der Waals surface area contributed by atoms with Gasteiger partial charge in [0.15, 0.2) is 11.3 Å². The summed E-state index contributed by atoms with van der Waals surface area (Å²) < 4.78 is 8.65. The van der Waals surface area contributed by atoms with Gasteiger partial charge in [-0.1, -0.05) is 36.4 Å². The van der Waals surface area contributed by atoms with Gasteiger partial charge in [-0.3, -0.25) is 0 Å². The minimum atomic E-state index is -1.05. The van der Waals surface area contributed by atoms with Crippen molar-refractivity contribution in [3.63, 3.8) is 0 Å². The van der Waals surface area contributed by atoms with Crippen LogP contribution < -0.4 is 4.90 Å². The van der Waals surface area contributed by atoms with E-state index in [4.69, 9.17) is 4.74 Å². The summed E-state index contributed by atoms with van der Waals surface area (Å²) in [5.74, 6) is -0.383. The van der Waals surface area contributed by atoms with Gasteiger partial charge in [0, 0.05) is 64.8 Å². The second kappa shape index (κ2) is 8.07. The molecule has 2 aromatic carbocycles. The molecule has 0 fully saturated rings. The van der Waals surface area contributed by atoms with Gasteiger partial charge in [0.25, 0.3) is 0 Å². The molecule has 0 saturated carbocycles. The molecule has 33 heavy (non-hydrogen) atoms. The molecule has 4 aromatic rings. The summed E-state index contributed by atoms with van der Waals surface area (Å²) in [7, 11) is 0. The SMILES string of the molecule is CCN(CC)c1ccc(C2(c3c(C)n(CC)c4ccccc34)OC(=O)c3ncccc32)cc1. The first-order valence-corrected chi connectivity index (χ1v) is 11.7. The molecule has 5 heteroatoms. The third-order valence-electron chi connectivity index (χ3n) is 6.93. The number of para-hydroxylation sites is 1. The zero-order valence-corrected chi connectivity index (χ0v) is 19.6. The molecule has 0 spiro atoms. The Bertz CT molecular complexity index is 1340. The maximum atomic E-state index is 13.1. The number of carbonyl (C=O) groups is 1. The Labute approximate surface area is 194 Å². The van der Waals surface area contributed by atoms with Crippen molar-refractivity contribution in [3.8, 4) is 0 Å². The van der Waals surface area contributed by atoms with Crippen LogP contribution in [0.4, 0.5) is 5.69 Å². The van der Waals surface area contributed by atoms with Crippen LogP contribution in [0.15, 0.2) is 66.9 Å². The van der Waals surface area contributed by atoms with Crippen LogP contribution in [-0.2, 0) is 16.9 Å². The van der Waals surface area contributed by atoms with E-state index in [1.54, 1.807) is 6.20 Å². The predicted octanol–water partition coefficient (Wildman–Crippen LogP) is 5.67. The third-order valence-corrected chi connectivity index (χ3v) is 6.93. The van der Waals surface area contributed by atoms with Crippen molar-refractivity contribution in [2.75, 3.05) is 18.0 Å². The van der Waals surface area contributed by atoms with Gasteiger partial charge in [-0.05, 0) is 52.0 Å². The highest BCUT2D eigenvalue weighted by Crippen LogP contribution is 2.50. The number of aromatic nitrogens is 2. The van der Waals surface area contributed by atoms with Crippen molar-refractivity contribution >= 4 is 22.6 Å². The second-order valence-electron chi connectivity index (χ2n) is 8.41. The van der Waals surface area contributed by atoms with E-state index in [9.17, 15) is 4.79 Å². The number of benzene rings is 2. The third kappa shape index (κ3) is 2.99. The molecule has 1 aliphatic heterocycles. The summed E-state index contributed by atoms with van der Waals surface area (Å²) in [6.07, 6.45) is 1.65. The standard InChI is InChI=1S/C28H29N3O2/c1-5-30(6-2)21-16-14-20(15-17-21)28(23-12-10-18-29-26(23)27(32)33-28)25-19(4)31(7-3)24-13-9-8-11-22(24)25/h8-18H,5-7H2,1-4H3. The van der Waals surface area contributed by atoms with E-state index >= 15 is 0 Å². The van der Waals surface area contributed by atoms with Crippen LogP contribution in [0.5, 0.6) is 0 Å². The summed E-state index contributed by atoms with van der Waals surface area (Å²) >= 11 is 0. The molecular formula is C28H29N3O2. The van der Waals surface area contributed by atoms with Crippen molar-refractivity contribution < 1.29 is 9.53 Å². The van der Waals surface area contributed by atoms with E-state index in [-0.39, 0.29) is 5.97 Å². The number of hydrogen-bond donors (Lipinski definition) is 0. The molecule has 1 unspecified atom stereocenters. The first-order chi connectivity index (χ1) is 16.1. The zero-order valence-electron chi connectivity index (χ0n) is 19.6. The van der Waals surface area contributed by atoms with Gasteiger partial charge < -0.3 is 14.2 Å². The molecule has 0 saturated heterocycles. The number of aryl methyl sites for hydroxylation is 1. The van der Waals surface area contributed by atoms with E-state index in [1.165, 1.54) is 0 Å². The molecule has 1 atom stereocenters. The van der Waals surface area contributed by atoms with Crippen LogP contribution in [-0.4, -0.2) is 28.6 Å². The fourth-order valence-corrected chi connectivity index (χ4v) is 5.42. The number of anilines is 1. The average Bonchev–Trinajstić information content (AvgIpc) is 3.31. The van der Waals surface area contributed by atoms with E-state index < -0.39 is 5.60 Å². The molecule has 5 nitrogen and oxygen atoms in total. The Balaban J connectivity index is 1.84. The molecule has 3 heterocycles. The normalized spacial score (nSPS) is 17.3. The summed E-state index contributed by atoms with van der Waals surface area (Å²) in [6.45, 7) is 11.3. The maximum absolute atomic E-state index is 13.1. The maximum Gasteiger partial charge on any atom is 0.358 e. The number of esters is 1. The largest absolute Gasteiger partial charge is 0.439 e. The van der Waals surface area contributed by atoms with Crippen molar-refractivity contribution in [2.45, 2.75) is 39.8 Å². The summed E-state index contributed by atoms with van der Waals surface area (Å²) in [5.41, 5.74) is 5.47. The van der Waals surface area contributed by atoms with Crippen LogP contribution in [0.2, 0.25) is 0 Å². The molecule has 0 amide bonds. The van der Waals surface area contributed by atoms with Crippen molar-refractivity contribution in [3.05, 3.63) is 94.9 Å². The second-order valence-corrected chi connectivity index (χ2v) is 8.41. The minimum Gasteiger partial charge on any atom is -0.439 e. The van der Waals surface area contributed by atoms with Gasteiger partial charge in [-0.2, -0.15) is 0 Å². The Morgan fingerprint density at radius 1 is 0.970 bits per heavy atom. The molecule has 0 N–H and O–H groups in total. The fraction of sp³-hybridized carbons (Fsp3) is 0.286. The van der Waals surface area contributed by atoms with Crippen LogP contribution in [0.3, 0.4) is 0 Å². The highest BCUT2D eigenvalue weighted by atomic mass is 16.6. The molecule has 0 bridgehead atoms. The highest BCUT2D eigenvalue weighted by Gasteiger charge is 2.51. The van der Waals surface area contributed by atoms with Crippen LogP contribution in [0.1, 0.15) is 53.6 Å². The topological polar surface area (TPSA) is 47.4 Å². The van der Waals surface area contributed by atoms with Crippen LogP contribution in [0, 0.1) is 6.92 Å². The molecule has 168 valence electrons. The molecule has 1 aliphatic rings. The molecular weight excluding hydrogens is 410 g/mol. The van der Waals surface area contributed by atoms with Crippen LogP contribution >= 0.6 is 0 Å². The number of carbonyl (C=O) groups excluding carboxylic acids is 1. The number of cyclic esters (lactones) is 1. The number of fused-ring (bicyclic) bond motifs is 2. The lowest BCUT2D eigenvalue weighted by molar-refractivity contribution is 0.0251. The number of ether oxygens (including phenoxy) is 1. The van der Waals surface area contributed by atoms with Crippen LogP contribution in [0.25, 0.3) is 10.9 Å². The van der Waals surface area contributed by atoms with Gasteiger partial charge in [-0.15, -0.1) is 0 Å². The van der Waals surface area contributed by atoms with E-state index in [2.05, 4.69) is 84.6 Å². The lowest BCUT2D eigenvalue weighted by atomic mass is 9.79. The number of hydrogen-bond acceptors (Lipinski definition) is 4. The fourth-order valence-electron chi connectivity index (χ4n) is 5.42. The molecule has 2 aromatic heterocycles.